The minimum absolute atomic E-state index is 0.0382. The maximum absolute atomic E-state index is 12.5. The van der Waals surface area contributed by atoms with Crippen LogP contribution in [0, 0.1) is 13.8 Å². The van der Waals surface area contributed by atoms with Gasteiger partial charge in [0.15, 0.2) is 11.7 Å². The number of para-hydroxylation sites is 2. The SMILES string of the molecule is CCCCOc1ccccc1C(=O)NC(=S)NNC(=O)COc1c(C)cccc1C. The summed E-state index contributed by atoms with van der Waals surface area (Å²) in [5.74, 6) is 0.290. The van der Waals surface area contributed by atoms with E-state index in [9.17, 15) is 9.59 Å². The second-order valence-corrected chi connectivity index (χ2v) is 7.07. The number of carbonyl (C=O) groups excluding carboxylic acids is 2. The highest BCUT2D eigenvalue weighted by Crippen LogP contribution is 2.22. The van der Waals surface area contributed by atoms with Gasteiger partial charge >= 0.3 is 0 Å². The third-order valence-corrected chi connectivity index (χ3v) is 4.39. The van der Waals surface area contributed by atoms with Gasteiger partial charge in [-0.3, -0.25) is 25.8 Å². The molecule has 8 heteroatoms. The number of hydrogen-bond donors (Lipinski definition) is 3. The van der Waals surface area contributed by atoms with E-state index in [0.29, 0.717) is 23.7 Å². The molecule has 0 aliphatic rings. The Labute approximate surface area is 182 Å². The summed E-state index contributed by atoms with van der Waals surface area (Å²) in [7, 11) is 0. The van der Waals surface area contributed by atoms with E-state index in [0.717, 1.165) is 24.0 Å². The van der Waals surface area contributed by atoms with E-state index >= 15 is 0 Å². The third kappa shape index (κ3) is 7.04. The Balaban J connectivity index is 1.81. The molecule has 0 radical (unpaired) electrons. The number of benzene rings is 2. The lowest BCUT2D eigenvalue weighted by Crippen LogP contribution is -2.49. The van der Waals surface area contributed by atoms with Crippen LogP contribution in [0.15, 0.2) is 42.5 Å². The number of hydrazine groups is 1. The highest BCUT2D eigenvalue weighted by Gasteiger charge is 2.14. The van der Waals surface area contributed by atoms with Gasteiger partial charge in [-0.2, -0.15) is 0 Å². The van der Waals surface area contributed by atoms with Crippen molar-refractivity contribution in [1.82, 2.24) is 16.2 Å². The quantitative estimate of drug-likeness (QED) is 0.339. The summed E-state index contributed by atoms with van der Waals surface area (Å²) >= 11 is 5.08. The summed E-state index contributed by atoms with van der Waals surface area (Å²) in [5.41, 5.74) is 7.15. The first-order valence-electron chi connectivity index (χ1n) is 9.73. The fourth-order valence-corrected chi connectivity index (χ4v) is 2.78. The van der Waals surface area contributed by atoms with Gasteiger partial charge in [0.2, 0.25) is 0 Å². The van der Waals surface area contributed by atoms with Crippen molar-refractivity contribution in [2.24, 2.45) is 0 Å². The first-order valence-corrected chi connectivity index (χ1v) is 10.1. The number of amides is 2. The third-order valence-electron chi connectivity index (χ3n) is 4.19. The molecule has 0 saturated heterocycles. The predicted molar refractivity (Wildman–Crippen MR) is 120 cm³/mol. The first-order chi connectivity index (χ1) is 14.4. The molecule has 0 aromatic heterocycles. The van der Waals surface area contributed by atoms with E-state index in [1.807, 2.05) is 32.0 Å². The van der Waals surface area contributed by atoms with Crippen LogP contribution in [0.4, 0.5) is 0 Å². The van der Waals surface area contributed by atoms with Gasteiger partial charge in [0, 0.05) is 0 Å². The van der Waals surface area contributed by atoms with E-state index in [-0.39, 0.29) is 11.7 Å². The van der Waals surface area contributed by atoms with Crippen molar-refractivity contribution in [3.63, 3.8) is 0 Å². The van der Waals surface area contributed by atoms with Crippen LogP contribution < -0.4 is 25.6 Å². The van der Waals surface area contributed by atoms with Gasteiger partial charge in [-0.25, -0.2) is 0 Å². The van der Waals surface area contributed by atoms with Crippen LogP contribution in [0.3, 0.4) is 0 Å². The molecule has 160 valence electrons. The predicted octanol–water partition coefficient (Wildman–Crippen LogP) is 3.20. The van der Waals surface area contributed by atoms with Crippen LogP contribution in [0.25, 0.3) is 0 Å². The zero-order valence-electron chi connectivity index (χ0n) is 17.4. The van der Waals surface area contributed by atoms with Crippen LogP contribution in [0.5, 0.6) is 11.5 Å². The van der Waals surface area contributed by atoms with Crippen LogP contribution in [-0.4, -0.2) is 30.1 Å². The Hall–Kier alpha value is -3.13. The molecule has 7 nitrogen and oxygen atoms in total. The van der Waals surface area contributed by atoms with E-state index in [1.54, 1.807) is 24.3 Å². The minimum Gasteiger partial charge on any atom is -0.493 e. The Morgan fingerprint density at radius 2 is 1.67 bits per heavy atom. The second kappa shape index (κ2) is 11.8. The number of nitrogens with one attached hydrogen (secondary N) is 3. The highest BCUT2D eigenvalue weighted by atomic mass is 32.1. The van der Waals surface area contributed by atoms with E-state index in [1.165, 1.54) is 0 Å². The molecule has 0 unspecified atom stereocenters. The summed E-state index contributed by atoms with van der Waals surface area (Å²) < 4.78 is 11.2. The largest absolute Gasteiger partial charge is 0.493 e. The summed E-state index contributed by atoms with van der Waals surface area (Å²) in [4.78, 5) is 24.5. The number of rotatable bonds is 8. The van der Waals surface area contributed by atoms with E-state index in [2.05, 4.69) is 23.1 Å². The Morgan fingerprint density at radius 1 is 0.967 bits per heavy atom. The normalized spacial score (nSPS) is 10.1. The van der Waals surface area contributed by atoms with Crippen LogP contribution in [0.2, 0.25) is 0 Å². The smallest absolute Gasteiger partial charge is 0.276 e. The zero-order chi connectivity index (χ0) is 21.9. The molecule has 0 fully saturated rings. The molecule has 0 saturated carbocycles. The topological polar surface area (TPSA) is 88.7 Å². The van der Waals surface area contributed by atoms with Gasteiger partial charge in [-0.15, -0.1) is 0 Å². The van der Waals surface area contributed by atoms with Crippen molar-refractivity contribution in [3.05, 3.63) is 59.2 Å². The van der Waals surface area contributed by atoms with Crippen LogP contribution in [-0.2, 0) is 4.79 Å². The molecule has 2 aromatic carbocycles. The standard InChI is InChI=1S/C22H27N3O4S/c1-4-5-13-28-18-12-7-6-11-17(18)21(27)23-22(30)25-24-19(26)14-29-20-15(2)9-8-10-16(20)3/h6-12H,4-5,13-14H2,1-3H3,(H,24,26)(H2,23,25,27,30). The average molecular weight is 430 g/mol. The van der Waals surface area contributed by atoms with Crippen molar-refractivity contribution in [1.29, 1.82) is 0 Å². The van der Waals surface area contributed by atoms with Gasteiger partial charge in [0.25, 0.3) is 11.8 Å². The lowest BCUT2D eigenvalue weighted by molar-refractivity contribution is -0.123. The number of unbranched alkanes of at least 4 members (excludes halogenated alkanes) is 1. The van der Waals surface area contributed by atoms with Gasteiger partial charge in [0.1, 0.15) is 11.5 Å². The van der Waals surface area contributed by atoms with Gasteiger partial charge in [0.05, 0.1) is 12.2 Å². The lowest BCUT2D eigenvalue weighted by atomic mass is 10.1. The molecule has 3 N–H and O–H groups in total. The second-order valence-electron chi connectivity index (χ2n) is 6.66. The summed E-state index contributed by atoms with van der Waals surface area (Å²) in [5, 5.41) is 2.48. The van der Waals surface area contributed by atoms with Gasteiger partial charge in [-0.05, 0) is 55.7 Å². The van der Waals surface area contributed by atoms with Crippen molar-refractivity contribution < 1.29 is 19.1 Å². The molecular weight excluding hydrogens is 402 g/mol. The summed E-state index contributed by atoms with van der Waals surface area (Å²) in [6, 6.07) is 12.7. The van der Waals surface area contributed by atoms with Gasteiger partial charge < -0.3 is 9.47 Å². The fraction of sp³-hybridized carbons (Fsp3) is 0.318. The molecule has 0 aliphatic carbocycles. The van der Waals surface area contributed by atoms with Crippen molar-refractivity contribution in [2.75, 3.05) is 13.2 Å². The molecule has 0 heterocycles. The summed E-state index contributed by atoms with van der Waals surface area (Å²) in [6.45, 7) is 6.22. The molecule has 0 atom stereocenters. The molecule has 2 amide bonds. The highest BCUT2D eigenvalue weighted by molar-refractivity contribution is 7.80. The zero-order valence-corrected chi connectivity index (χ0v) is 18.2. The molecule has 30 heavy (non-hydrogen) atoms. The molecule has 2 rings (SSSR count). The monoisotopic (exact) mass is 429 g/mol. The number of carbonyl (C=O) groups is 2. The summed E-state index contributed by atoms with van der Waals surface area (Å²) in [6.07, 6.45) is 1.89. The maximum Gasteiger partial charge on any atom is 0.276 e. The maximum atomic E-state index is 12.5. The van der Waals surface area contributed by atoms with Crippen LogP contribution in [0.1, 0.15) is 41.3 Å². The Morgan fingerprint density at radius 3 is 2.37 bits per heavy atom. The minimum atomic E-state index is -0.433. The van der Waals surface area contributed by atoms with Gasteiger partial charge in [-0.1, -0.05) is 43.7 Å². The number of ether oxygens (including phenoxy) is 2. The first kappa shape index (κ1) is 23.2. The molecular formula is C22H27N3O4S. The number of hydrogen-bond acceptors (Lipinski definition) is 5. The fourth-order valence-electron chi connectivity index (χ4n) is 2.64. The Bertz CT molecular complexity index is 881. The van der Waals surface area contributed by atoms with Crippen LogP contribution >= 0.6 is 12.2 Å². The number of aryl methyl sites for hydroxylation is 2. The molecule has 0 bridgehead atoms. The van der Waals surface area contributed by atoms with Crippen molar-refractivity contribution >= 4 is 29.1 Å². The van der Waals surface area contributed by atoms with Crippen molar-refractivity contribution in [2.45, 2.75) is 33.6 Å². The van der Waals surface area contributed by atoms with E-state index in [4.69, 9.17) is 21.7 Å². The Kier molecular flexibility index (Phi) is 9.08. The average Bonchev–Trinajstić information content (AvgIpc) is 2.72. The van der Waals surface area contributed by atoms with E-state index < -0.39 is 11.8 Å². The van der Waals surface area contributed by atoms with Crippen molar-refractivity contribution in [3.8, 4) is 11.5 Å². The molecule has 0 spiro atoms. The molecule has 0 aliphatic heterocycles. The molecule has 2 aromatic rings. The number of thiocarbonyl (C=S) groups is 1. The lowest BCUT2D eigenvalue weighted by Gasteiger charge is -2.14.